The lowest BCUT2D eigenvalue weighted by atomic mass is 9.97. The van der Waals surface area contributed by atoms with Crippen molar-refractivity contribution in [1.82, 2.24) is 9.55 Å². The standard InChI is InChI=1S/C40H26F3N3O5/c1-20-14-24(23-10-6-7-11-23)15-21(2)33(20)46-38(50)28-17-26-27(18-29(28)39(46)51)35(48)32(34(26)47)36-44-31-13-12-25(40(41,42)43)16-30(31)37(49)45(36)19-22-8-4-3-5-9-22/h3-10,12-18,32H,11,19H2,1-2H3. The van der Waals surface area contributed by atoms with Crippen LogP contribution < -0.4 is 10.5 Å². The van der Waals surface area contributed by atoms with Gasteiger partial charge in [-0.15, -0.1) is 0 Å². The van der Waals surface area contributed by atoms with Crippen LogP contribution in [0.5, 0.6) is 0 Å². The van der Waals surface area contributed by atoms with Gasteiger partial charge in [-0.1, -0.05) is 48.6 Å². The normalized spacial score (nSPS) is 15.7. The van der Waals surface area contributed by atoms with E-state index in [-0.39, 0.29) is 45.5 Å². The van der Waals surface area contributed by atoms with Crippen molar-refractivity contribution in [2.75, 3.05) is 4.90 Å². The Balaban J connectivity index is 1.21. The topological polar surface area (TPSA) is 106 Å². The van der Waals surface area contributed by atoms with Crippen molar-refractivity contribution in [2.24, 2.45) is 0 Å². The number of aromatic nitrogens is 2. The molecule has 0 spiro atoms. The number of benzene rings is 4. The molecule has 8 rings (SSSR count). The largest absolute Gasteiger partial charge is 0.416 e. The minimum Gasteiger partial charge on any atom is -0.293 e. The zero-order valence-corrected chi connectivity index (χ0v) is 27.2. The maximum absolute atomic E-state index is 14.1. The fraction of sp³-hybridized carbons (Fsp3) is 0.150. The third-order valence-electron chi connectivity index (χ3n) is 9.69. The summed E-state index contributed by atoms with van der Waals surface area (Å²) < 4.78 is 41.8. The lowest BCUT2D eigenvalue weighted by Crippen LogP contribution is -2.31. The number of Topliss-reactive ketones (excluding diaryl/α,β-unsaturated/α-hetero) is 2. The summed E-state index contributed by atoms with van der Waals surface area (Å²) in [4.78, 5) is 75.4. The lowest BCUT2D eigenvalue weighted by molar-refractivity contribution is -0.137. The fourth-order valence-electron chi connectivity index (χ4n) is 7.27. The summed E-state index contributed by atoms with van der Waals surface area (Å²) in [6.45, 7) is 3.44. The number of ketones is 2. The number of amides is 2. The van der Waals surface area contributed by atoms with Crippen molar-refractivity contribution in [2.45, 2.75) is 38.9 Å². The van der Waals surface area contributed by atoms with E-state index in [0.29, 0.717) is 28.4 Å². The van der Waals surface area contributed by atoms with Crippen molar-refractivity contribution in [3.05, 3.63) is 157 Å². The molecule has 4 aromatic carbocycles. The Labute approximate surface area is 288 Å². The van der Waals surface area contributed by atoms with Crippen LogP contribution in [-0.4, -0.2) is 32.9 Å². The van der Waals surface area contributed by atoms with Gasteiger partial charge in [-0.05, 0) is 90.6 Å². The van der Waals surface area contributed by atoms with Crippen LogP contribution in [0.4, 0.5) is 18.9 Å². The van der Waals surface area contributed by atoms with Crippen molar-refractivity contribution >= 4 is 45.5 Å². The number of imide groups is 1. The molecule has 51 heavy (non-hydrogen) atoms. The highest BCUT2D eigenvalue weighted by Crippen LogP contribution is 2.41. The van der Waals surface area contributed by atoms with Gasteiger partial charge >= 0.3 is 6.18 Å². The first-order valence-corrected chi connectivity index (χ1v) is 16.1. The van der Waals surface area contributed by atoms with Crippen LogP contribution in [0.1, 0.15) is 87.4 Å². The van der Waals surface area contributed by atoms with Gasteiger partial charge < -0.3 is 0 Å². The number of hydrogen-bond acceptors (Lipinski definition) is 6. The molecule has 252 valence electrons. The number of rotatable bonds is 5. The first-order chi connectivity index (χ1) is 24.3. The number of carbonyl (C=O) groups is 4. The summed E-state index contributed by atoms with van der Waals surface area (Å²) in [5, 5.41) is -0.328. The second-order valence-electron chi connectivity index (χ2n) is 12.9. The molecule has 0 atom stereocenters. The maximum Gasteiger partial charge on any atom is 0.416 e. The first kappa shape index (κ1) is 32.0. The average molecular weight is 686 g/mol. The van der Waals surface area contributed by atoms with E-state index in [1.54, 1.807) is 30.3 Å². The molecule has 2 heterocycles. The second kappa shape index (κ2) is 11.4. The number of hydrogen-bond donors (Lipinski definition) is 0. The Kier molecular flexibility index (Phi) is 7.16. The van der Waals surface area contributed by atoms with Gasteiger partial charge in [-0.2, -0.15) is 13.2 Å². The van der Waals surface area contributed by atoms with E-state index >= 15 is 0 Å². The summed E-state index contributed by atoms with van der Waals surface area (Å²) in [5.41, 5.74) is 2.17. The zero-order valence-electron chi connectivity index (χ0n) is 27.2. The van der Waals surface area contributed by atoms with Crippen molar-refractivity contribution < 1.29 is 32.3 Å². The molecule has 1 aromatic heterocycles. The quantitative estimate of drug-likeness (QED) is 0.141. The second-order valence-corrected chi connectivity index (χ2v) is 12.9. The van der Waals surface area contributed by atoms with E-state index in [9.17, 15) is 37.1 Å². The number of halogens is 3. The highest BCUT2D eigenvalue weighted by Gasteiger charge is 2.47. The molecule has 0 radical (unpaired) electrons. The van der Waals surface area contributed by atoms with Crippen molar-refractivity contribution in [3.63, 3.8) is 0 Å². The van der Waals surface area contributed by atoms with E-state index in [4.69, 9.17) is 0 Å². The molecule has 3 aliphatic rings. The van der Waals surface area contributed by atoms with E-state index in [1.807, 2.05) is 44.2 Å². The monoisotopic (exact) mass is 685 g/mol. The zero-order chi connectivity index (χ0) is 35.9. The van der Waals surface area contributed by atoms with Crippen LogP contribution in [0.25, 0.3) is 16.5 Å². The van der Waals surface area contributed by atoms with Gasteiger partial charge in [0.1, 0.15) is 11.7 Å². The van der Waals surface area contributed by atoms with E-state index in [1.165, 1.54) is 12.1 Å². The van der Waals surface area contributed by atoms with Crippen LogP contribution in [-0.2, 0) is 12.7 Å². The van der Waals surface area contributed by atoms with Crippen LogP contribution >= 0.6 is 0 Å². The predicted octanol–water partition coefficient (Wildman–Crippen LogP) is 7.39. The molecule has 2 amide bonds. The number of anilines is 1. The van der Waals surface area contributed by atoms with Gasteiger partial charge in [0, 0.05) is 11.1 Å². The maximum atomic E-state index is 14.1. The van der Waals surface area contributed by atoms with Gasteiger partial charge in [-0.25, -0.2) is 9.88 Å². The molecule has 0 fully saturated rings. The summed E-state index contributed by atoms with van der Waals surface area (Å²) in [6, 6.07) is 17.4. The number of aryl methyl sites for hydroxylation is 2. The Hall–Kier alpha value is -6.23. The fourth-order valence-corrected chi connectivity index (χ4v) is 7.27. The Morgan fingerprint density at radius 2 is 1.41 bits per heavy atom. The SMILES string of the molecule is Cc1cc(C2=CC=CC2)cc(C)c1N1C(=O)c2cc3c(cc2C1=O)C(=O)C(c1nc2ccc(C(F)(F)F)cc2c(=O)n1Cc1ccccc1)C3=O. The van der Waals surface area contributed by atoms with Crippen LogP contribution in [0.2, 0.25) is 0 Å². The third kappa shape index (κ3) is 4.99. The molecular formula is C40H26F3N3O5. The van der Waals surface area contributed by atoms with Gasteiger partial charge in [0.2, 0.25) is 0 Å². The van der Waals surface area contributed by atoms with Crippen LogP contribution in [0, 0.1) is 13.8 Å². The summed E-state index contributed by atoms with van der Waals surface area (Å²) >= 11 is 0. The van der Waals surface area contributed by atoms with Crippen molar-refractivity contribution in [3.8, 4) is 0 Å². The average Bonchev–Trinajstić information content (AvgIpc) is 3.78. The van der Waals surface area contributed by atoms with Crippen molar-refractivity contribution in [1.29, 1.82) is 0 Å². The molecule has 0 unspecified atom stereocenters. The third-order valence-corrected chi connectivity index (χ3v) is 9.69. The Bertz CT molecular complexity index is 2470. The summed E-state index contributed by atoms with van der Waals surface area (Å²) in [5.74, 6) is -4.66. The molecule has 0 saturated heterocycles. The van der Waals surface area contributed by atoms with Gasteiger partial charge in [-0.3, -0.25) is 28.5 Å². The molecule has 0 bridgehead atoms. The highest BCUT2D eigenvalue weighted by atomic mass is 19.4. The molecule has 1 aliphatic heterocycles. The highest BCUT2D eigenvalue weighted by molar-refractivity contribution is 6.37. The Morgan fingerprint density at radius 1 is 0.784 bits per heavy atom. The van der Waals surface area contributed by atoms with E-state index in [0.717, 1.165) is 39.2 Å². The van der Waals surface area contributed by atoms with E-state index in [2.05, 4.69) is 4.98 Å². The number of fused-ring (bicyclic) bond motifs is 3. The number of nitrogens with zero attached hydrogens (tertiary/aromatic N) is 3. The van der Waals surface area contributed by atoms with Gasteiger partial charge in [0.05, 0.1) is 39.8 Å². The number of allylic oxidation sites excluding steroid dienone is 4. The molecule has 2 aliphatic carbocycles. The molecule has 0 N–H and O–H groups in total. The van der Waals surface area contributed by atoms with E-state index < -0.39 is 46.6 Å². The molecule has 11 heteroatoms. The summed E-state index contributed by atoms with van der Waals surface area (Å²) in [6.07, 6.45) is 2.07. The van der Waals surface area contributed by atoms with Crippen LogP contribution in [0.15, 0.2) is 95.8 Å². The predicted molar refractivity (Wildman–Crippen MR) is 183 cm³/mol. The smallest absolute Gasteiger partial charge is 0.293 e. The summed E-state index contributed by atoms with van der Waals surface area (Å²) in [7, 11) is 0. The molecular weight excluding hydrogens is 659 g/mol. The van der Waals surface area contributed by atoms with Crippen LogP contribution in [0.3, 0.4) is 0 Å². The minimum atomic E-state index is -4.72. The Morgan fingerprint density at radius 3 is 1.98 bits per heavy atom. The lowest BCUT2D eigenvalue weighted by Gasteiger charge is -2.21. The van der Waals surface area contributed by atoms with Gasteiger partial charge in [0.15, 0.2) is 11.6 Å². The van der Waals surface area contributed by atoms with Gasteiger partial charge in [0.25, 0.3) is 17.4 Å². The number of alkyl halides is 3. The number of carbonyl (C=O) groups excluding carboxylic acids is 4. The minimum absolute atomic E-state index is 0.0426. The molecule has 8 nitrogen and oxygen atoms in total. The molecule has 0 saturated carbocycles. The first-order valence-electron chi connectivity index (χ1n) is 16.1. The molecule has 5 aromatic rings.